The lowest BCUT2D eigenvalue weighted by atomic mass is 10.2. The summed E-state index contributed by atoms with van der Waals surface area (Å²) < 4.78 is 27.0. The first-order chi connectivity index (χ1) is 11.0. The molecule has 0 fully saturated rings. The van der Waals surface area contributed by atoms with Crippen LogP contribution in [0.2, 0.25) is 0 Å². The maximum atomic E-state index is 12.8. The summed E-state index contributed by atoms with van der Waals surface area (Å²) in [5.74, 6) is -0.501. The molecule has 0 saturated carbocycles. The lowest BCUT2D eigenvalue weighted by Crippen LogP contribution is -2.48. The van der Waals surface area contributed by atoms with Crippen molar-refractivity contribution in [3.05, 3.63) is 60.2 Å². The highest BCUT2D eigenvalue weighted by atomic mass is 32.2. The zero-order valence-electron chi connectivity index (χ0n) is 12.4. The molecule has 0 unspecified atom stereocenters. The zero-order valence-corrected chi connectivity index (χ0v) is 13.2. The molecule has 6 nitrogen and oxygen atoms in total. The third-order valence-electron chi connectivity index (χ3n) is 3.70. The van der Waals surface area contributed by atoms with Gasteiger partial charge in [0.2, 0.25) is 15.9 Å². The van der Waals surface area contributed by atoms with E-state index in [2.05, 4.69) is 0 Å². The van der Waals surface area contributed by atoms with E-state index in [1.165, 1.54) is 4.31 Å². The Balaban J connectivity index is 2.00. The summed E-state index contributed by atoms with van der Waals surface area (Å²) in [5.41, 5.74) is 6.69. The molecular weight excluding hydrogens is 314 g/mol. The Labute approximate surface area is 135 Å². The second-order valence-electron chi connectivity index (χ2n) is 5.37. The summed E-state index contributed by atoms with van der Waals surface area (Å²) in [4.78, 5) is 13.2. The van der Waals surface area contributed by atoms with E-state index in [9.17, 15) is 13.2 Å². The summed E-state index contributed by atoms with van der Waals surface area (Å²) >= 11 is 0. The van der Waals surface area contributed by atoms with Gasteiger partial charge in [0.1, 0.15) is 4.90 Å². The van der Waals surface area contributed by atoms with E-state index in [0.29, 0.717) is 5.69 Å². The molecule has 1 amide bonds. The number of carbonyl (C=O) groups excluding carboxylic acids is 1. The molecule has 0 atom stereocenters. The van der Waals surface area contributed by atoms with E-state index >= 15 is 0 Å². The summed E-state index contributed by atoms with van der Waals surface area (Å²) in [7, 11) is -3.61. The number of nitrogens with zero attached hydrogens (tertiary/aromatic N) is 2. The summed E-state index contributed by atoms with van der Waals surface area (Å²) in [6, 6.07) is 16.0. The number of hydrogen-bond acceptors (Lipinski definition) is 4. The van der Waals surface area contributed by atoms with Crippen molar-refractivity contribution in [1.29, 1.82) is 0 Å². The fourth-order valence-corrected chi connectivity index (χ4v) is 4.26. The smallest absolute Gasteiger partial charge is 0.246 e. The number of primary amides is 1. The van der Waals surface area contributed by atoms with Gasteiger partial charge in [-0.05, 0) is 17.7 Å². The molecule has 0 saturated heterocycles. The van der Waals surface area contributed by atoms with Crippen LogP contribution in [0.25, 0.3) is 0 Å². The van der Waals surface area contributed by atoms with Crippen molar-refractivity contribution in [2.75, 3.05) is 18.1 Å². The van der Waals surface area contributed by atoms with Gasteiger partial charge in [-0.2, -0.15) is 4.31 Å². The van der Waals surface area contributed by atoms with Crippen LogP contribution in [0.1, 0.15) is 5.56 Å². The highest BCUT2D eigenvalue weighted by Crippen LogP contribution is 2.33. The minimum Gasteiger partial charge on any atom is -0.368 e. The van der Waals surface area contributed by atoms with Crippen LogP contribution in [0.4, 0.5) is 5.69 Å². The molecule has 0 aliphatic carbocycles. The number of rotatable bonds is 4. The Kier molecular flexibility index (Phi) is 4.06. The first kappa shape index (κ1) is 15.5. The number of nitrogens with two attached hydrogens (primary N) is 1. The molecule has 1 aliphatic rings. The van der Waals surface area contributed by atoms with Crippen LogP contribution < -0.4 is 10.6 Å². The lowest BCUT2D eigenvalue weighted by Gasteiger charge is -2.37. The SMILES string of the molecule is NC(=O)CN1CN(Cc2ccccc2)S(=O)(=O)c2ccccc21. The molecule has 2 aromatic rings. The van der Waals surface area contributed by atoms with Crippen molar-refractivity contribution in [3.8, 4) is 0 Å². The van der Waals surface area contributed by atoms with Crippen LogP contribution in [0.15, 0.2) is 59.5 Å². The molecule has 0 bridgehead atoms. The highest BCUT2D eigenvalue weighted by Gasteiger charge is 2.35. The van der Waals surface area contributed by atoms with Crippen LogP contribution in [-0.2, 0) is 21.4 Å². The highest BCUT2D eigenvalue weighted by molar-refractivity contribution is 7.89. The second-order valence-corrected chi connectivity index (χ2v) is 7.28. The third kappa shape index (κ3) is 3.06. The minimum absolute atomic E-state index is 0.0299. The second kappa shape index (κ2) is 6.02. The summed E-state index contributed by atoms with van der Waals surface area (Å²) in [6.07, 6.45) is 0. The number of fused-ring (bicyclic) bond motifs is 1. The predicted molar refractivity (Wildman–Crippen MR) is 87.0 cm³/mol. The fourth-order valence-electron chi connectivity index (χ4n) is 2.66. The maximum absolute atomic E-state index is 12.8. The Morgan fingerprint density at radius 2 is 1.70 bits per heavy atom. The van der Waals surface area contributed by atoms with Crippen LogP contribution in [0.3, 0.4) is 0 Å². The molecule has 0 radical (unpaired) electrons. The van der Waals surface area contributed by atoms with Gasteiger partial charge >= 0.3 is 0 Å². The Morgan fingerprint density at radius 1 is 1.04 bits per heavy atom. The van der Waals surface area contributed by atoms with Crippen LogP contribution >= 0.6 is 0 Å². The molecule has 120 valence electrons. The van der Waals surface area contributed by atoms with Gasteiger partial charge in [0.15, 0.2) is 0 Å². The number of para-hydroxylation sites is 1. The lowest BCUT2D eigenvalue weighted by molar-refractivity contribution is -0.116. The van der Waals surface area contributed by atoms with Crippen LogP contribution in [0.5, 0.6) is 0 Å². The first-order valence-electron chi connectivity index (χ1n) is 7.15. The van der Waals surface area contributed by atoms with Gasteiger partial charge in [-0.15, -0.1) is 0 Å². The summed E-state index contributed by atoms with van der Waals surface area (Å²) in [5, 5.41) is 0. The van der Waals surface area contributed by atoms with Gasteiger partial charge in [0.05, 0.1) is 18.9 Å². The normalized spacial score (nSPS) is 16.8. The summed E-state index contributed by atoms with van der Waals surface area (Å²) in [6.45, 7) is 0.307. The molecule has 3 rings (SSSR count). The van der Waals surface area contributed by atoms with Gasteiger partial charge in [-0.25, -0.2) is 8.42 Å². The van der Waals surface area contributed by atoms with Crippen LogP contribution in [0, 0.1) is 0 Å². The Morgan fingerprint density at radius 3 is 2.39 bits per heavy atom. The van der Waals surface area contributed by atoms with Crippen molar-refractivity contribution < 1.29 is 13.2 Å². The predicted octanol–water partition coefficient (Wildman–Crippen LogP) is 1.14. The van der Waals surface area contributed by atoms with E-state index in [0.717, 1.165) is 5.56 Å². The Bertz CT molecular complexity index is 821. The number of hydrogen-bond donors (Lipinski definition) is 1. The molecule has 2 N–H and O–H groups in total. The molecule has 1 aliphatic heterocycles. The van der Waals surface area contributed by atoms with Gasteiger partial charge in [0, 0.05) is 6.54 Å². The number of amides is 1. The third-order valence-corrected chi connectivity index (χ3v) is 5.53. The van der Waals surface area contributed by atoms with Gasteiger partial charge in [-0.1, -0.05) is 42.5 Å². The molecule has 2 aromatic carbocycles. The largest absolute Gasteiger partial charge is 0.368 e. The molecule has 0 aromatic heterocycles. The number of sulfonamides is 1. The Hall–Kier alpha value is -2.38. The number of anilines is 1. The van der Waals surface area contributed by atoms with Gasteiger partial charge < -0.3 is 10.6 Å². The average molecular weight is 331 g/mol. The first-order valence-corrected chi connectivity index (χ1v) is 8.59. The fraction of sp³-hybridized carbons (Fsp3) is 0.188. The van der Waals surface area contributed by atoms with Crippen molar-refractivity contribution in [2.24, 2.45) is 5.73 Å². The standard InChI is InChI=1S/C16H17N3O3S/c17-16(20)11-18-12-19(10-13-6-2-1-3-7-13)23(21,22)15-9-5-4-8-14(15)18/h1-9H,10-12H2,(H2,17,20). The maximum Gasteiger partial charge on any atom is 0.246 e. The quantitative estimate of drug-likeness (QED) is 0.910. The van der Waals surface area contributed by atoms with Crippen LogP contribution in [-0.4, -0.2) is 31.8 Å². The van der Waals surface area contributed by atoms with Crippen molar-refractivity contribution in [2.45, 2.75) is 11.4 Å². The monoisotopic (exact) mass is 331 g/mol. The van der Waals surface area contributed by atoms with E-state index in [1.807, 2.05) is 30.3 Å². The van der Waals surface area contributed by atoms with Crippen molar-refractivity contribution in [1.82, 2.24) is 4.31 Å². The van der Waals surface area contributed by atoms with E-state index in [4.69, 9.17) is 5.73 Å². The number of benzene rings is 2. The molecule has 23 heavy (non-hydrogen) atoms. The number of carbonyl (C=O) groups is 1. The van der Waals surface area contributed by atoms with Gasteiger partial charge in [0.25, 0.3) is 0 Å². The van der Waals surface area contributed by atoms with Crippen molar-refractivity contribution in [3.63, 3.8) is 0 Å². The molecule has 7 heteroatoms. The van der Waals surface area contributed by atoms with E-state index < -0.39 is 15.9 Å². The van der Waals surface area contributed by atoms with E-state index in [-0.39, 0.29) is 24.7 Å². The molecule has 1 heterocycles. The van der Waals surface area contributed by atoms with E-state index in [1.54, 1.807) is 29.2 Å². The topological polar surface area (TPSA) is 83.7 Å². The van der Waals surface area contributed by atoms with Gasteiger partial charge in [-0.3, -0.25) is 4.79 Å². The van der Waals surface area contributed by atoms with Crippen molar-refractivity contribution >= 4 is 21.6 Å². The zero-order chi connectivity index (χ0) is 16.4. The molecule has 0 spiro atoms. The average Bonchev–Trinajstić information content (AvgIpc) is 2.53. The minimum atomic E-state index is -3.61. The molecular formula is C16H17N3O3S.